The number of benzene rings is 2. The van der Waals surface area contributed by atoms with E-state index in [1.54, 1.807) is 58.3 Å². The molecule has 2 fully saturated rings. The molecule has 2 aromatic carbocycles. The summed E-state index contributed by atoms with van der Waals surface area (Å²) in [4.78, 5) is 37.0. The second-order valence-corrected chi connectivity index (χ2v) is 11.8. The molecule has 2 aromatic heterocycles. The van der Waals surface area contributed by atoms with Crippen LogP contribution in [0.15, 0.2) is 66.9 Å². The number of nitrogens with zero attached hydrogens (tertiary/aromatic N) is 5. The van der Waals surface area contributed by atoms with Crippen molar-refractivity contribution in [2.24, 2.45) is 0 Å². The quantitative estimate of drug-likeness (QED) is 0.173. The molecule has 2 amide bonds. The third-order valence-corrected chi connectivity index (χ3v) is 8.22. The van der Waals surface area contributed by atoms with Crippen molar-refractivity contribution in [3.63, 3.8) is 0 Å². The van der Waals surface area contributed by atoms with Crippen LogP contribution >= 0.6 is 0 Å². The van der Waals surface area contributed by atoms with Crippen molar-refractivity contribution < 1.29 is 44.7 Å². The molecule has 2 saturated heterocycles. The van der Waals surface area contributed by atoms with Crippen LogP contribution in [-0.2, 0) is 48.4 Å². The van der Waals surface area contributed by atoms with Gasteiger partial charge < -0.3 is 9.80 Å². The van der Waals surface area contributed by atoms with E-state index in [1.165, 1.54) is 0 Å². The molecule has 0 saturated carbocycles. The summed E-state index contributed by atoms with van der Waals surface area (Å²) in [5, 5.41) is 0. The number of pyridine rings is 1. The molecule has 0 bridgehead atoms. The van der Waals surface area contributed by atoms with Crippen molar-refractivity contribution >= 4 is 11.8 Å². The van der Waals surface area contributed by atoms with E-state index in [0.29, 0.717) is 50.1 Å². The van der Waals surface area contributed by atoms with Crippen molar-refractivity contribution in [2.45, 2.75) is 64.5 Å². The summed E-state index contributed by atoms with van der Waals surface area (Å²) in [6, 6.07) is 15.1. The zero-order valence-corrected chi connectivity index (χ0v) is 26.5. The third kappa shape index (κ3) is 8.79. The maximum absolute atomic E-state index is 13.1. The largest absolute Gasteiger partial charge is 0.451 e. The minimum Gasteiger partial charge on any atom is -0.338 e. The molecular weight excluding hydrogens is 674 g/mol. The van der Waals surface area contributed by atoms with Crippen LogP contribution in [-0.4, -0.2) is 49.7 Å². The van der Waals surface area contributed by atoms with Gasteiger partial charge in [0.05, 0.1) is 11.4 Å². The second-order valence-electron chi connectivity index (χ2n) is 11.8. The van der Waals surface area contributed by atoms with Crippen LogP contribution < -0.4 is 0 Å². The van der Waals surface area contributed by atoms with Crippen molar-refractivity contribution in [3.05, 3.63) is 101 Å². The summed E-state index contributed by atoms with van der Waals surface area (Å²) in [5.41, 5.74) is 1.47. The molecule has 0 unspecified atom stereocenters. The van der Waals surface area contributed by atoms with E-state index in [0.717, 1.165) is 42.3 Å². The van der Waals surface area contributed by atoms with Gasteiger partial charge in [-0.05, 0) is 30.0 Å². The Kier molecular flexibility index (Phi) is 11.1. The Bertz CT molecular complexity index is 1680. The molecule has 7 nitrogen and oxygen atoms in total. The fourth-order valence-corrected chi connectivity index (χ4v) is 5.61. The molecule has 6 rings (SSSR count). The number of hydrogen-bond acceptors (Lipinski definition) is 5. The maximum atomic E-state index is 13.1. The van der Waals surface area contributed by atoms with E-state index < -0.39 is 37.2 Å². The van der Waals surface area contributed by atoms with Crippen LogP contribution in [0.1, 0.15) is 59.5 Å². The predicted molar refractivity (Wildman–Crippen MR) is 166 cm³/mol. The third-order valence-electron chi connectivity index (χ3n) is 8.22. The van der Waals surface area contributed by atoms with Crippen molar-refractivity contribution in [2.75, 3.05) is 13.1 Å². The Labute approximate surface area is 282 Å². The molecule has 0 N–H and O–H groups in total. The number of amides is 2. The topological polar surface area (TPSA) is 79.3 Å². The highest BCUT2D eigenvalue weighted by molar-refractivity contribution is 5.78. The molecule has 264 valence electrons. The second kappa shape index (κ2) is 15.3. The van der Waals surface area contributed by atoms with Gasteiger partial charge in [-0.25, -0.2) is 23.7 Å². The summed E-state index contributed by atoms with van der Waals surface area (Å²) in [6.45, 7) is 0.467. The van der Waals surface area contributed by atoms with Gasteiger partial charge in [0.1, 0.15) is 19.0 Å². The predicted octanol–water partition coefficient (Wildman–Crippen LogP) is 8.11. The average Bonchev–Trinajstić information content (AvgIpc) is 3.70. The molecule has 4 heterocycles. The van der Waals surface area contributed by atoms with Crippen molar-refractivity contribution in [1.29, 1.82) is 0 Å². The highest BCUT2D eigenvalue weighted by atomic mass is 19.4. The number of carbonyl (C=O) groups excluding carboxylic acids is 2. The first kappa shape index (κ1) is 36.3. The van der Waals surface area contributed by atoms with Crippen LogP contribution in [0.25, 0.3) is 22.5 Å². The van der Waals surface area contributed by atoms with E-state index >= 15 is 0 Å². The van der Waals surface area contributed by atoms with E-state index in [-0.39, 0.29) is 34.3 Å². The molecule has 4 aromatic rings. The molecule has 0 radical (unpaired) electrons. The van der Waals surface area contributed by atoms with Crippen LogP contribution in [0.5, 0.6) is 0 Å². The van der Waals surface area contributed by atoms with Crippen molar-refractivity contribution in [3.8, 4) is 22.5 Å². The Morgan fingerprint density at radius 3 is 1.48 bits per heavy atom. The van der Waals surface area contributed by atoms with Crippen LogP contribution in [0, 0.1) is 0 Å². The highest BCUT2D eigenvalue weighted by Crippen LogP contribution is 2.33. The molecule has 0 spiro atoms. The van der Waals surface area contributed by atoms with Crippen LogP contribution in [0.3, 0.4) is 0 Å². The summed E-state index contributed by atoms with van der Waals surface area (Å²) in [7, 11) is 0. The lowest BCUT2D eigenvalue weighted by atomic mass is 10.0. The number of carbonyl (C=O) groups is 2. The molecule has 15 heteroatoms. The number of alkyl halides is 8. The minimum atomic E-state index is -4.69. The minimum absolute atomic E-state index is 0.00419. The standard InChI is InChI=1S/C18H16F4N2O.C17H15F4N3O/c19-10-14-7-8-15(18(20,21)22)23-17(14)13-5-3-12(4-6-13)11-24-9-1-2-16(24)25;18-8-13-9-22-16(17(19,20)21)23-15(13)12-5-3-11(4-6-12)10-24-7-1-2-14(24)25/h3-8H,1-2,9-11H2;3-6,9H,1-2,7-8,10H2. The lowest BCUT2D eigenvalue weighted by Crippen LogP contribution is -2.23. The zero-order valence-electron chi connectivity index (χ0n) is 26.5. The van der Waals surface area contributed by atoms with E-state index in [1.807, 2.05) is 0 Å². The van der Waals surface area contributed by atoms with Gasteiger partial charge in [0.2, 0.25) is 17.6 Å². The van der Waals surface area contributed by atoms with Crippen molar-refractivity contribution in [1.82, 2.24) is 24.8 Å². The smallest absolute Gasteiger partial charge is 0.338 e. The molecule has 2 aliphatic heterocycles. The summed E-state index contributed by atoms with van der Waals surface area (Å²) in [5.74, 6) is -1.11. The number of hydrogen-bond donors (Lipinski definition) is 0. The number of rotatable bonds is 8. The van der Waals surface area contributed by atoms with Gasteiger partial charge in [-0.2, -0.15) is 26.3 Å². The van der Waals surface area contributed by atoms with Gasteiger partial charge in [0, 0.05) is 67.5 Å². The van der Waals surface area contributed by atoms with Gasteiger partial charge in [0.25, 0.3) is 0 Å². The first-order valence-corrected chi connectivity index (χ1v) is 15.6. The number of aromatic nitrogens is 3. The fraction of sp³-hybridized carbons (Fsp3) is 0.343. The lowest BCUT2D eigenvalue weighted by Gasteiger charge is -2.16. The van der Waals surface area contributed by atoms with E-state index in [9.17, 15) is 44.7 Å². The summed E-state index contributed by atoms with van der Waals surface area (Å²) < 4.78 is 103. The SMILES string of the molecule is O=C1CCCN1Cc1ccc(-c2nc(C(F)(F)F)ccc2CF)cc1.O=C1CCCN1Cc1ccc(-c2nc(C(F)(F)F)ncc2CF)cc1. The molecule has 50 heavy (non-hydrogen) atoms. The molecule has 0 aliphatic carbocycles. The monoisotopic (exact) mass is 705 g/mol. The number of likely N-dealkylation sites (tertiary alicyclic amines) is 2. The van der Waals surface area contributed by atoms with E-state index in [4.69, 9.17) is 0 Å². The summed E-state index contributed by atoms with van der Waals surface area (Å²) in [6.07, 6.45) is -5.66. The van der Waals surface area contributed by atoms with Gasteiger partial charge in [-0.1, -0.05) is 54.6 Å². The zero-order chi connectivity index (χ0) is 36.1. The van der Waals surface area contributed by atoms with Gasteiger partial charge in [0.15, 0.2) is 0 Å². The highest BCUT2D eigenvalue weighted by Gasteiger charge is 2.35. The Hall–Kier alpha value is -4.95. The fourth-order valence-electron chi connectivity index (χ4n) is 5.61. The molecular formula is C35H31F8N5O2. The molecule has 2 aliphatic rings. The van der Waals surface area contributed by atoms with E-state index in [2.05, 4.69) is 15.0 Å². The Morgan fingerprint density at radius 1 is 0.600 bits per heavy atom. The molecule has 0 atom stereocenters. The Morgan fingerprint density at radius 2 is 1.08 bits per heavy atom. The van der Waals surface area contributed by atoms with Gasteiger partial charge in [-0.15, -0.1) is 0 Å². The first-order valence-electron chi connectivity index (χ1n) is 15.6. The summed E-state index contributed by atoms with van der Waals surface area (Å²) >= 11 is 0. The lowest BCUT2D eigenvalue weighted by molar-refractivity contribution is -0.145. The Balaban J connectivity index is 0.000000194. The average molecular weight is 706 g/mol. The van der Waals surface area contributed by atoms with Crippen LogP contribution in [0.4, 0.5) is 35.1 Å². The first-order chi connectivity index (χ1) is 23.8. The normalized spacial score (nSPS) is 15.0. The van der Waals surface area contributed by atoms with Gasteiger partial charge >= 0.3 is 12.4 Å². The van der Waals surface area contributed by atoms with Gasteiger partial charge in [-0.3, -0.25) is 9.59 Å². The maximum Gasteiger partial charge on any atom is 0.451 e. The number of halogens is 8. The van der Waals surface area contributed by atoms with Crippen LogP contribution in [0.2, 0.25) is 0 Å².